The Morgan fingerprint density at radius 3 is 2.62 bits per heavy atom. The minimum atomic E-state index is -1.38. The van der Waals surface area contributed by atoms with E-state index in [0.717, 1.165) is 6.42 Å². The van der Waals surface area contributed by atoms with Crippen molar-refractivity contribution < 1.29 is 34.3 Å². The first-order valence-corrected chi connectivity index (χ1v) is 9.30. The summed E-state index contributed by atoms with van der Waals surface area (Å²) in [5, 5.41) is 29.9. The maximum Gasteiger partial charge on any atom is 0.303 e. The van der Waals surface area contributed by atoms with E-state index in [0.29, 0.717) is 11.8 Å². The molecule has 0 bridgehead atoms. The highest BCUT2D eigenvalue weighted by Crippen LogP contribution is 2.88. The summed E-state index contributed by atoms with van der Waals surface area (Å²) in [6, 6.07) is 0. The Balaban J connectivity index is 1.54. The van der Waals surface area contributed by atoms with Crippen LogP contribution in [0.5, 0.6) is 0 Å². The second-order valence-corrected chi connectivity index (χ2v) is 8.68. The zero-order valence-corrected chi connectivity index (χ0v) is 15.6. The molecule has 146 valence electrons. The van der Waals surface area contributed by atoms with E-state index in [-0.39, 0.29) is 16.9 Å². The lowest BCUT2D eigenvalue weighted by molar-refractivity contribution is -0.326. The Morgan fingerprint density at radius 2 is 2.00 bits per heavy atom. The molecule has 1 saturated heterocycles. The second-order valence-electron chi connectivity index (χ2n) is 8.68. The highest BCUT2D eigenvalue weighted by molar-refractivity contribution is 5.66. The van der Waals surface area contributed by atoms with Gasteiger partial charge in [-0.2, -0.15) is 0 Å². The molecule has 9 atom stereocenters. The molecular weight excluding hydrogens is 340 g/mol. The molecular formula is C19H28O7. The summed E-state index contributed by atoms with van der Waals surface area (Å²) >= 11 is 0. The van der Waals surface area contributed by atoms with Gasteiger partial charge in [0.25, 0.3) is 0 Å². The van der Waals surface area contributed by atoms with E-state index in [1.165, 1.54) is 12.5 Å². The average Bonchev–Trinajstić information content (AvgIpc) is 2.83. The summed E-state index contributed by atoms with van der Waals surface area (Å²) in [5.41, 5.74) is 1.75. The number of aliphatic hydroxyl groups excluding tert-OH is 3. The lowest BCUT2D eigenvalue weighted by atomic mass is 9.69. The summed E-state index contributed by atoms with van der Waals surface area (Å²) in [6.45, 7) is 7.45. The van der Waals surface area contributed by atoms with Gasteiger partial charge in [0.1, 0.15) is 18.3 Å². The fourth-order valence-corrected chi connectivity index (χ4v) is 6.24. The van der Waals surface area contributed by atoms with Crippen molar-refractivity contribution in [2.45, 2.75) is 70.9 Å². The van der Waals surface area contributed by atoms with Gasteiger partial charge in [0, 0.05) is 18.3 Å². The molecule has 0 aromatic carbocycles. The van der Waals surface area contributed by atoms with Crippen LogP contribution >= 0.6 is 0 Å². The number of esters is 1. The molecule has 7 heteroatoms. The molecule has 1 heterocycles. The van der Waals surface area contributed by atoms with Crippen LogP contribution in [0.4, 0.5) is 0 Å². The van der Waals surface area contributed by atoms with Crippen LogP contribution in [0, 0.1) is 22.7 Å². The standard InChI is InChI=1S/C19H28O7/c1-8-5-6-10-14(16-18(3,4)19(8,10)16)26-17-15(24-9(2)21)13(23)12(22)11(7-20)25-17/h5,10-17,20,22-23H,6-7H2,1-4H3/t10-,11+,12+,13-,14+,15+,16-,17-,19-/m0/s1. The summed E-state index contributed by atoms with van der Waals surface area (Å²) in [6.07, 6.45) is -2.71. The van der Waals surface area contributed by atoms with Crippen molar-refractivity contribution in [1.29, 1.82) is 0 Å². The first-order chi connectivity index (χ1) is 12.2. The number of carbonyl (C=O) groups excluding carboxylic acids is 1. The van der Waals surface area contributed by atoms with Gasteiger partial charge < -0.3 is 29.5 Å². The third kappa shape index (κ3) is 2.09. The highest BCUT2D eigenvalue weighted by atomic mass is 16.7. The lowest BCUT2D eigenvalue weighted by Gasteiger charge is -2.47. The number of allylic oxidation sites excluding steroid dienone is 2. The molecule has 2 saturated carbocycles. The fraction of sp³-hybridized carbons (Fsp3) is 0.842. The van der Waals surface area contributed by atoms with Crippen LogP contribution in [0.1, 0.15) is 34.1 Å². The predicted octanol–water partition coefficient (Wildman–Crippen LogP) is 0.364. The molecule has 0 aromatic heterocycles. The first kappa shape index (κ1) is 18.4. The molecule has 0 unspecified atom stereocenters. The van der Waals surface area contributed by atoms with E-state index in [4.69, 9.17) is 14.2 Å². The van der Waals surface area contributed by atoms with Crippen LogP contribution in [0.15, 0.2) is 11.6 Å². The molecule has 4 aliphatic rings. The number of aliphatic hydroxyl groups is 3. The van der Waals surface area contributed by atoms with E-state index >= 15 is 0 Å². The number of hydrogen-bond donors (Lipinski definition) is 3. The fourth-order valence-electron chi connectivity index (χ4n) is 6.24. The monoisotopic (exact) mass is 368 g/mol. The van der Waals surface area contributed by atoms with Gasteiger partial charge in [-0.05, 0) is 24.7 Å². The van der Waals surface area contributed by atoms with Crippen molar-refractivity contribution in [2.75, 3.05) is 6.61 Å². The maximum absolute atomic E-state index is 11.4. The molecule has 7 nitrogen and oxygen atoms in total. The van der Waals surface area contributed by atoms with E-state index < -0.39 is 43.3 Å². The van der Waals surface area contributed by atoms with Crippen molar-refractivity contribution in [1.82, 2.24) is 0 Å². The number of hydrogen-bond acceptors (Lipinski definition) is 7. The average molecular weight is 368 g/mol. The first-order valence-electron chi connectivity index (χ1n) is 9.30. The zero-order chi connectivity index (χ0) is 19.0. The molecule has 3 N–H and O–H groups in total. The molecule has 0 aromatic rings. The molecule has 0 amide bonds. The summed E-state index contributed by atoms with van der Waals surface area (Å²) in [7, 11) is 0. The van der Waals surface area contributed by atoms with E-state index in [9.17, 15) is 20.1 Å². The minimum Gasteiger partial charge on any atom is -0.454 e. The Kier molecular flexibility index (Phi) is 4.07. The van der Waals surface area contributed by atoms with Crippen LogP contribution in [0.25, 0.3) is 0 Å². The number of ether oxygens (including phenoxy) is 3. The van der Waals surface area contributed by atoms with Gasteiger partial charge in [-0.15, -0.1) is 0 Å². The maximum atomic E-state index is 11.4. The smallest absolute Gasteiger partial charge is 0.303 e. The topological polar surface area (TPSA) is 105 Å². The molecule has 4 rings (SSSR count). The third-order valence-electron chi connectivity index (χ3n) is 7.31. The normalized spacial score (nSPS) is 51.0. The van der Waals surface area contributed by atoms with Crippen LogP contribution in [0.2, 0.25) is 0 Å². The van der Waals surface area contributed by atoms with Crippen molar-refractivity contribution in [3.8, 4) is 0 Å². The summed E-state index contributed by atoms with van der Waals surface area (Å²) in [5.74, 6) is 0.117. The quantitative estimate of drug-likeness (QED) is 0.486. The molecule has 1 spiro atoms. The molecule has 3 aliphatic carbocycles. The Bertz CT molecular complexity index is 644. The van der Waals surface area contributed by atoms with Crippen LogP contribution in [-0.2, 0) is 19.0 Å². The largest absolute Gasteiger partial charge is 0.454 e. The van der Waals surface area contributed by atoms with E-state index in [1.807, 2.05) is 0 Å². The summed E-state index contributed by atoms with van der Waals surface area (Å²) < 4.78 is 17.1. The van der Waals surface area contributed by atoms with Crippen molar-refractivity contribution >= 4 is 5.97 Å². The van der Waals surface area contributed by atoms with Gasteiger partial charge in [-0.1, -0.05) is 25.5 Å². The van der Waals surface area contributed by atoms with Crippen molar-refractivity contribution in [2.24, 2.45) is 22.7 Å². The molecule has 26 heavy (non-hydrogen) atoms. The van der Waals surface area contributed by atoms with Gasteiger partial charge >= 0.3 is 5.97 Å². The lowest BCUT2D eigenvalue weighted by Crippen LogP contribution is -2.62. The van der Waals surface area contributed by atoms with Gasteiger partial charge in [0.05, 0.1) is 12.7 Å². The van der Waals surface area contributed by atoms with E-state index in [1.54, 1.807) is 0 Å². The van der Waals surface area contributed by atoms with Gasteiger partial charge in [-0.25, -0.2) is 0 Å². The predicted molar refractivity (Wildman–Crippen MR) is 89.8 cm³/mol. The molecule has 3 fully saturated rings. The van der Waals surface area contributed by atoms with Gasteiger partial charge in [-0.3, -0.25) is 4.79 Å². The Morgan fingerprint density at radius 1 is 1.31 bits per heavy atom. The van der Waals surface area contributed by atoms with Crippen LogP contribution in [0.3, 0.4) is 0 Å². The highest BCUT2D eigenvalue weighted by Gasteiger charge is 2.87. The van der Waals surface area contributed by atoms with E-state index in [2.05, 4.69) is 26.8 Å². The second kappa shape index (κ2) is 5.75. The van der Waals surface area contributed by atoms with Gasteiger partial charge in [0.15, 0.2) is 12.4 Å². The molecule has 1 aliphatic heterocycles. The van der Waals surface area contributed by atoms with Crippen LogP contribution in [-0.4, -0.2) is 64.7 Å². The van der Waals surface area contributed by atoms with Crippen molar-refractivity contribution in [3.63, 3.8) is 0 Å². The number of carbonyl (C=O) groups is 1. The molecule has 0 radical (unpaired) electrons. The van der Waals surface area contributed by atoms with Crippen molar-refractivity contribution in [3.05, 3.63) is 11.6 Å². The minimum absolute atomic E-state index is 0.0662. The zero-order valence-electron chi connectivity index (χ0n) is 15.6. The third-order valence-corrected chi connectivity index (χ3v) is 7.31. The summed E-state index contributed by atoms with van der Waals surface area (Å²) in [4.78, 5) is 11.4. The SMILES string of the molecule is CC(=O)O[C@H]1[C@H](O[C@@H]2[C@@H]3CC=C(C)[C@@]34[C@@H]2C4(C)C)O[C@H](CO)[C@@H](O)[C@@H]1O. The van der Waals surface area contributed by atoms with Gasteiger partial charge in [0.2, 0.25) is 0 Å². The van der Waals surface area contributed by atoms with Crippen LogP contribution < -0.4 is 0 Å². The Labute approximate surface area is 152 Å². The Hall–Kier alpha value is -0.990. The number of rotatable bonds is 4.